The van der Waals surface area contributed by atoms with Crippen molar-refractivity contribution in [1.29, 1.82) is 0 Å². The molecule has 0 amide bonds. The molecule has 0 unspecified atom stereocenters. The van der Waals surface area contributed by atoms with E-state index < -0.39 is 0 Å². The molecule has 2 aliphatic rings. The molecule has 3 heteroatoms. The first-order chi connectivity index (χ1) is 5.45. The van der Waals surface area contributed by atoms with E-state index >= 15 is 0 Å². The van der Waals surface area contributed by atoms with E-state index in [1.807, 2.05) is 6.20 Å². The third kappa shape index (κ3) is 0.708. The lowest BCUT2D eigenvalue weighted by Crippen LogP contribution is -1.95. The van der Waals surface area contributed by atoms with Crippen LogP contribution >= 0.6 is 0 Å². The highest BCUT2D eigenvalue weighted by molar-refractivity contribution is 5.49. The number of aromatic nitrogens is 2. The first-order valence-electron chi connectivity index (χ1n) is 4.25. The number of hydrogen-bond acceptors (Lipinski definition) is 2. The molecule has 1 aliphatic heterocycles. The molecule has 1 aromatic heterocycles. The van der Waals surface area contributed by atoms with Crippen LogP contribution in [0.3, 0.4) is 0 Å². The van der Waals surface area contributed by atoms with Gasteiger partial charge in [0.15, 0.2) is 0 Å². The Morgan fingerprint density at radius 3 is 3.27 bits per heavy atom. The van der Waals surface area contributed by atoms with Gasteiger partial charge in [0.05, 0.1) is 12.7 Å². The zero-order chi connectivity index (χ0) is 7.26. The Balaban J connectivity index is 2.09. The van der Waals surface area contributed by atoms with Gasteiger partial charge >= 0.3 is 0 Å². The zero-order valence-corrected chi connectivity index (χ0v) is 6.38. The van der Waals surface area contributed by atoms with Gasteiger partial charge in [-0.25, -0.2) is 4.68 Å². The highest BCUT2D eigenvalue weighted by atomic mass is 15.4. The van der Waals surface area contributed by atoms with Crippen LogP contribution in [-0.4, -0.2) is 16.3 Å². The summed E-state index contributed by atoms with van der Waals surface area (Å²) in [5, 5.41) is 7.68. The van der Waals surface area contributed by atoms with Crippen molar-refractivity contribution in [2.45, 2.75) is 25.3 Å². The molecule has 0 atom stereocenters. The Bertz CT molecular complexity index is 286. The predicted molar refractivity (Wildman–Crippen MR) is 42.7 cm³/mol. The van der Waals surface area contributed by atoms with Gasteiger partial charge in [0.1, 0.15) is 5.82 Å². The molecule has 1 aliphatic carbocycles. The van der Waals surface area contributed by atoms with Gasteiger partial charge < -0.3 is 5.32 Å². The van der Waals surface area contributed by atoms with Crippen molar-refractivity contribution in [3.63, 3.8) is 0 Å². The molecule has 1 aromatic rings. The van der Waals surface area contributed by atoms with Crippen LogP contribution in [-0.2, 0) is 6.54 Å². The van der Waals surface area contributed by atoms with Crippen LogP contribution in [0.2, 0.25) is 0 Å². The fourth-order valence-electron chi connectivity index (χ4n) is 1.74. The van der Waals surface area contributed by atoms with Crippen LogP contribution in [0.1, 0.15) is 24.3 Å². The molecule has 0 bridgehead atoms. The number of nitrogens with zero attached hydrogens (tertiary/aromatic N) is 2. The molecule has 0 radical (unpaired) electrons. The SMILES string of the molecule is c1nn2c(c1C1CC1)NCC2. The van der Waals surface area contributed by atoms with Crippen molar-refractivity contribution < 1.29 is 0 Å². The van der Waals surface area contributed by atoms with Gasteiger partial charge in [0, 0.05) is 12.1 Å². The van der Waals surface area contributed by atoms with Gasteiger partial charge in [-0.05, 0) is 18.8 Å². The van der Waals surface area contributed by atoms with Crippen LogP contribution in [0.15, 0.2) is 6.20 Å². The molecule has 0 spiro atoms. The summed E-state index contributed by atoms with van der Waals surface area (Å²) in [6, 6.07) is 0. The van der Waals surface area contributed by atoms with Gasteiger partial charge in [-0.3, -0.25) is 0 Å². The average Bonchev–Trinajstić information content (AvgIpc) is 2.63. The number of nitrogens with one attached hydrogen (secondary N) is 1. The maximum Gasteiger partial charge on any atom is 0.127 e. The lowest BCUT2D eigenvalue weighted by atomic mass is 10.2. The minimum atomic E-state index is 0.823. The maximum atomic E-state index is 4.31. The van der Waals surface area contributed by atoms with Gasteiger partial charge in [0.25, 0.3) is 0 Å². The summed E-state index contributed by atoms with van der Waals surface area (Å²) in [7, 11) is 0. The Kier molecular flexibility index (Phi) is 0.913. The van der Waals surface area contributed by atoms with Gasteiger partial charge in [-0.15, -0.1) is 0 Å². The van der Waals surface area contributed by atoms with E-state index in [0.717, 1.165) is 19.0 Å². The summed E-state index contributed by atoms with van der Waals surface area (Å²) in [5.74, 6) is 2.11. The highest BCUT2D eigenvalue weighted by Gasteiger charge is 2.29. The Morgan fingerprint density at radius 2 is 2.45 bits per heavy atom. The molecule has 0 aromatic carbocycles. The maximum absolute atomic E-state index is 4.31. The largest absolute Gasteiger partial charge is 0.368 e. The van der Waals surface area contributed by atoms with E-state index in [4.69, 9.17) is 0 Å². The second-order valence-electron chi connectivity index (χ2n) is 3.37. The minimum Gasteiger partial charge on any atom is -0.368 e. The molecule has 1 fully saturated rings. The summed E-state index contributed by atoms with van der Waals surface area (Å²) in [6.07, 6.45) is 4.75. The quantitative estimate of drug-likeness (QED) is 0.650. The molecular formula is C8H11N3. The molecule has 1 N–H and O–H groups in total. The number of fused-ring (bicyclic) bond motifs is 1. The Morgan fingerprint density at radius 1 is 1.55 bits per heavy atom. The number of rotatable bonds is 1. The molecule has 58 valence electrons. The Labute approximate surface area is 65.4 Å². The topological polar surface area (TPSA) is 29.9 Å². The van der Waals surface area contributed by atoms with E-state index in [-0.39, 0.29) is 0 Å². The third-order valence-corrected chi connectivity index (χ3v) is 2.50. The number of hydrogen-bond donors (Lipinski definition) is 1. The summed E-state index contributed by atoms with van der Waals surface area (Å²) in [5.41, 5.74) is 1.45. The van der Waals surface area contributed by atoms with E-state index in [0.29, 0.717) is 0 Å². The minimum absolute atomic E-state index is 0.823. The fourth-order valence-corrected chi connectivity index (χ4v) is 1.74. The van der Waals surface area contributed by atoms with Crippen molar-refractivity contribution in [1.82, 2.24) is 9.78 Å². The third-order valence-electron chi connectivity index (χ3n) is 2.50. The number of anilines is 1. The van der Waals surface area contributed by atoms with Crippen molar-refractivity contribution in [3.8, 4) is 0 Å². The van der Waals surface area contributed by atoms with Crippen LogP contribution in [0.25, 0.3) is 0 Å². The van der Waals surface area contributed by atoms with E-state index in [1.165, 1.54) is 24.2 Å². The standard InChI is InChI=1S/C8H11N3/c1-2-6(1)7-5-10-11-4-3-9-8(7)11/h5-6,9H,1-4H2. The summed E-state index contributed by atoms with van der Waals surface area (Å²) >= 11 is 0. The van der Waals surface area contributed by atoms with Gasteiger partial charge in [-0.1, -0.05) is 0 Å². The van der Waals surface area contributed by atoms with Crippen LogP contribution in [0.4, 0.5) is 5.82 Å². The first kappa shape index (κ1) is 5.63. The summed E-state index contributed by atoms with van der Waals surface area (Å²) < 4.78 is 2.08. The monoisotopic (exact) mass is 149 g/mol. The van der Waals surface area contributed by atoms with Crippen LogP contribution < -0.4 is 5.32 Å². The molecular weight excluding hydrogens is 138 g/mol. The second-order valence-corrected chi connectivity index (χ2v) is 3.37. The first-order valence-corrected chi connectivity index (χ1v) is 4.25. The Hall–Kier alpha value is -0.990. The van der Waals surface area contributed by atoms with Crippen molar-refractivity contribution >= 4 is 5.82 Å². The van der Waals surface area contributed by atoms with E-state index in [2.05, 4.69) is 15.1 Å². The van der Waals surface area contributed by atoms with E-state index in [9.17, 15) is 0 Å². The molecule has 0 saturated heterocycles. The van der Waals surface area contributed by atoms with Crippen LogP contribution in [0.5, 0.6) is 0 Å². The summed E-state index contributed by atoms with van der Waals surface area (Å²) in [4.78, 5) is 0. The normalized spacial score (nSPS) is 21.5. The molecule has 3 nitrogen and oxygen atoms in total. The lowest BCUT2D eigenvalue weighted by molar-refractivity contribution is 0.696. The van der Waals surface area contributed by atoms with Crippen molar-refractivity contribution in [2.24, 2.45) is 0 Å². The average molecular weight is 149 g/mol. The molecule has 3 rings (SSSR count). The fraction of sp³-hybridized carbons (Fsp3) is 0.625. The van der Waals surface area contributed by atoms with Crippen molar-refractivity contribution in [2.75, 3.05) is 11.9 Å². The highest BCUT2D eigenvalue weighted by Crippen LogP contribution is 2.43. The van der Waals surface area contributed by atoms with Crippen molar-refractivity contribution in [3.05, 3.63) is 11.8 Å². The second kappa shape index (κ2) is 1.78. The summed E-state index contributed by atoms with van der Waals surface area (Å²) in [6.45, 7) is 2.10. The van der Waals surface area contributed by atoms with Gasteiger partial charge in [-0.2, -0.15) is 5.10 Å². The van der Waals surface area contributed by atoms with E-state index in [1.54, 1.807) is 0 Å². The molecule has 11 heavy (non-hydrogen) atoms. The zero-order valence-electron chi connectivity index (χ0n) is 6.38. The smallest absolute Gasteiger partial charge is 0.127 e. The molecule has 1 saturated carbocycles. The predicted octanol–water partition coefficient (Wildman–Crippen LogP) is 1.19. The molecule has 2 heterocycles. The lowest BCUT2D eigenvalue weighted by Gasteiger charge is -1.96. The van der Waals surface area contributed by atoms with Crippen LogP contribution in [0, 0.1) is 0 Å². The van der Waals surface area contributed by atoms with Gasteiger partial charge in [0.2, 0.25) is 0 Å².